The van der Waals surface area contributed by atoms with Crippen LogP contribution in [0.2, 0.25) is 0 Å². The minimum Gasteiger partial charge on any atom is -0.315 e. The van der Waals surface area contributed by atoms with Crippen molar-refractivity contribution in [2.24, 2.45) is 0 Å². The van der Waals surface area contributed by atoms with Crippen molar-refractivity contribution in [3.05, 3.63) is 23.8 Å². The third-order valence-corrected chi connectivity index (χ3v) is 2.68. The number of rotatable bonds is 2. The van der Waals surface area contributed by atoms with E-state index in [4.69, 9.17) is 0 Å². The van der Waals surface area contributed by atoms with Gasteiger partial charge in [0.05, 0.1) is 5.69 Å². The lowest BCUT2D eigenvalue weighted by Crippen LogP contribution is -2.28. The van der Waals surface area contributed by atoms with Gasteiger partial charge in [-0.2, -0.15) is 0 Å². The summed E-state index contributed by atoms with van der Waals surface area (Å²) >= 11 is 0. The van der Waals surface area contributed by atoms with Gasteiger partial charge in [-0.25, -0.2) is 9.97 Å². The van der Waals surface area contributed by atoms with Crippen LogP contribution >= 0.6 is 0 Å². The first-order valence-corrected chi connectivity index (χ1v) is 5.55. The summed E-state index contributed by atoms with van der Waals surface area (Å²) < 4.78 is 0. The highest BCUT2D eigenvalue weighted by atomic mass is 15.2. The highest BCUT2D eigenvalue weighted by Crippen LogP contribution is 2.04. The summed E-state index contributed by atoms with van der Waals surface area (Å²) in [5.74, 6) is 0. The molecule has 0 amide bonds. The van der Waals surface area contributed by atoms with E-state index >= 15 is 0 Å². The molecule has 0 radical (unpaired) electrons. The van der Waals surface area contributed by atoms with Crippen molar-refractivity contribution in [3.63, 3.8) is 0 Å². The number of nitrogens with zero attached hydrogens (tertiary/aromatic N) is 3. The fourth-order valence-corrected chi connectivity index (χ4v) is 1.89. The zero-order chi connectivity index (χ0) is 10.5. The Kier molecular flexibility index (Phi) is 3.64. The summed E-state index contributed by atoms with van der Waals surface area (Å²) in [5.41, 5.74) is 2.18. The molecule has 1 saturated heterocycles. The summed E-state index contributed by atoms with van der Waals surface area (Å²) in [7, 11) is 0. The van der Waals surface area contributed by atoms with Crippen LogP contribution in [0.25, 0.3) is 0 Å². The normalized spacial score (nSPS) is 18.7. The van der Waals surface area contributed by atoms with Gasteiger partial charge in [-0.3, -0.25) is 4.90 Å². The molecule has 2 heterocycles. The first-order valence-electron chi connectivity index (χ1n) is 5.55. The van der Waals surface area contributed by atoms with Gasteiger partial charge in [0, 0.05) is 25.3 Å². The Morgan fingerprint density at radius 2 is 2.27 bits per heavy atom. The Labute approximate surface area is 90.7 Å². The molecule has 1 aromatic heterocycles. The first kappa shape index (κ1) is 10.5. The fourth-order valence-electron chi connectivity index (χ4n) is 1.89. The van der Waals surface area contributed by atoms with Gasteiger partial charge in [-0.15, -0.1) is 0 Å². The van der Waals surface area contributed by atoms with Crippen LogP contribution in [0.3, 0.4) is 0 Å². The molecule has 0 aromatic carbocycles. The molecule has 0 atom stereocenters. The van der Waals surface area contributed by atoms with Gasteiger partial charge < -0.3 is 5.32 Å². The minimum absolute atomic E-state index is 0.949. The second-order valence-corrected chi connectivity index (χ2v) is 4.03. The molecular weight excluding hydrogens is 188 g/mol. The van der Waals surface area contributed by atoms with Crippen molar-refractivity contribution in [1.82, 2.24) is 20.2 Å². The lowest BCUT2D eigenvalue weighted by atomic mass is 10.3. The van der Waals surface area contributed by atoms with Crippen molar-refractivity contribution in [3.8, 4) is 0 Å². The van der Waals surface area contributed by atoms with Crippen molar-refractivity contribution in [2.45, 2.75) is 19.9 Å². The van der Waals surface area contributed by atoms with Gasteiger partial charge in [-0.05, 0) is 32.5 Å². The molecule has 82 valence electrons. The van der Waals surface area contributed by atoms with Gasteiger partial charge >= 0.3 is 0 Å². The van der Waals surface area contributed by atoms with Crippen LogP contribution in [0.4, 0.5) is 0 Å². The third-order valence-electron chi connectivity index (χ3n) is 2.68. The number of hydrogen-bond acceptors (Lipinski definition) is 4. The largest absolute Gasteiger partial charge is 0.315 e. The fraction of sp³-hybridized carbons (Fsp3) is 0.636. The van der Waals surface area contributed by atoms with Crippen LogP contribution in [-0.4, -0.2) is 41.0 Å². The highest BCUT2D eigenvalue weighted by molar-refractivity contribution is 5.06. The molecule has 2 rings (SSSR count). The van der Waals surface area contributed by atoms with E-state index in [2.05, 4.69) is 26.3 Å². The molecule has 1 N–H and O–H groups in total. The van der Waals surface area contributed by atoms with E-state index < -0.39 is 0 Å². The summed E-state index contributed by atoms with van der Waals surface area (Å²) in [6.07, 6.45) is 2.88. The molecule has 0 spiro atoms. The number of nitrogens with one attached hydrogen (secondary N) is 1. The summed E-state index contributed by atoms with van der Waals surface area (Å²) in [6.45, 7) is 7.46. The van der Waals surface area contributed by atoms with E-state index in [0.717, 1.165) is 44.1 Å². The number of aromatic nitrogens is 2. The molecule has 0 bridgehead atoms. The summed E-state index contributed by atoms with van der Waals surface area (Å²) in [6, 6.07) is 2.07. The zero-order valence-electron chi connectivity index (χ0n) is 9.24. The molecule has 0 saturated carbocycles. The zero-order valence-corrected chi connectivity index (χ0v) is 9.24. The average Bonchev–Trinajstić information content (AvgIpc) is 2.46. The molecule has 0 unspecified atom stereocenters. The second kappa shape index (κ2) is 5.19. The lowest BCUT2D eigenvalue weighted by Gasteiger charge is -2.18. The van der Waals surface area contributed by atoms with E-state index in [1.54, 1.807) is 6.33 Å². The topological polar surface area (TPSA) is 41.0 Å². The highest BCUT2D eigenvalue weighted by Gasteiger charge is 2.09. The van der Waals surface area contributed by atoms with E-state index in [1.807, 2.05) is 6.92 Å². The molecular formula is C11H18N4. The monoisotopic (exact) mass is 206 g/mol. The Bertz CT molecular complexity index is 305. The van der Waals surface area contributed by atoms with Crippen molar-refractivity contribution >= 4 is 0 Å². The summed E-state index contributed by atoms with van der Waals surface area (Å²) in [5, 5.41) is 3.40. The van der Waals surface area contributed by atoms with Gasteiger partial charge in [-0.1, -0.05) is 0 Å². The third kappa shape index (κ3) is 3.25. The van der Waals surface area contributed by atoms with Gasteiger partial charge in [0.25, 0.3) is 0 Å². The SMILES string of the molecule is Cc1cc(CN2CCCNCC2)ncn1. The molecule has 4 heteroatoms. The maximum Gasteiger partial charge on any atom is 0.115 e. The van der Waals surface area contributed by atoms with Crippen LogP contribution < -0.4 is 5.32 Å². The maximum atomic E-state index is 4.29. The number of aryl methyl sites for hydroxylation is 1. The van der Waals surface area contributed by atoms with Crippen molar-refractivity contribution in [1.29, 1.82) is 0 Å². The average molecular weight is 206 g/mol. The minimum atomic E-state index is 0.949. The van der Waals surface area contributed by atoms with Crippen LogP contribution in [0.1, 0.15) is 17.8 Å². The van der Waals surface area contributed by atoms with Gasteiger partial charge in [0.15, 0.2) is 0 Å². The quantitative estimate of drug-likeness (QED) is 0.768. The smallest absolute Gasteiger partial charge is 0.115 e. The Morgan fingerprint density at radius 3 is 3.13 bits per heavy atom. The van der Waals surface area contributed by atoms with E-state index in [0.29, 0.717) is 0 Å². The van der Waals surface area contributed by atoms with Gasteiger partial charge in [0.1, 0.15) is 6.33 Å². The summed E-state index contributed by atoms with van der Waals surface area (Å²) in [4.78, 5) is 10.8. The van der Waals surface area contributed by atoms with Crippen LogP contribution in [0.15, 0.2) is 12.4 Å². The van der Waals surface area contributed by atoms with Crippen LogP contribution in [0.5, 0.6) is 0 Å². The molecule has 4 nitrogen and oxygen atoms in total. The van der Waals surface area contributed by atoms with Crippen molar-refractivity contribution in [2.75, 3.05) is 26.2 Å². The Hall–Kier alpha value is -1.00. The second-order valence-electron chi connectivity index (χ2n) is 4.03. The lowest BCUT2D eigenvalue weighted by molar-refractivity contribution is 0.281. The predicted octanol–water partition coefficient (Wildman–Crippen LogP) is 0.580. The van der Waals surface area contributed by atoms with E-state index in [1.165, 1.54) is 6.42 Å². The molecule has 1 aliphatic rings. The molecule has 1 aliphatic heterocycles. The first-order chi connectivity index (χ1) is 7.34. The van der Waals surface area contributed by atoms with Gasteiger partial charge in [0.2, 0.25) is 0 Å². The van der Waals surface area contributed by atoms with E-state index in [9.17, 15) is 0 Å². The number of hydrogen-bond donors (Lipinski definition) is 1. The predicted molar refractivity (Wildman–Crippen MR) is 59.5 cm³/mol. The molecule has 15 heavy (non-hydrogen) atoms. The van der Waals surface area contributed by atoms with Crippen LogP contribution in [-0.2, 0) is 6.54 Å². The maximum absolute atomic E-state index is 4.29. The Balaban J connectivity index is 1.95. The van der Waals surface area contributed by atoms with Crippen molar-refractivity contribution < 1.29 is 0 Å². The standard InChI is InChI=1S/C11H18N4/c1-10-7-11(14-9-13-10)8-15-5-2-3-12-4-6-15/h7,9,12H,2-6,8H2,1H3. The Morgan fingerprint density at radius 1 is 1.33 bits per heavy atom. The molecule has 1 fully saturated rings. The molecule has 1 aromatic rings. The van der Waals surface area contributed by atoms with Crippen LogP contribution in [0, 0.1) is 6.92 Å². The molecule has 0 aliphatic carbocycles. The van der Waals surface area contributed by atoms with E-state index in [-0.39, 0.29) is 0 Å².